The van der Waals surface area contributed by atoms with Gasteiger partial charge in [0, 0.05) is 21.6 Å². The molecule has 0 aliphatic heterocycles. The highest BCUT2D eigenvalue weighted by Crippen LogP contribution is 2.52. The molecule has 0 saturated carbocycles. The summed E-state index contributed by atoms with van der Waals surface area (Å²) in [5, 5.41) is 7.18. The Kier molecular flexibility index (Phi) is 5.58. The Bertz CT molecular complexity index is 2770. The van der Waals surface area contributed by atoms with E-state index in [-0.39, 0.29) is 10.8 Å². The van der Waals surface area contributed by atoms with E-state index >= 15 is 0 Å². The molecule has 0 N–H and O–H groups in total. The fraction of sp³-hybridized carbons (Fsp3) is 0.120. The van der Waals surface area contributed by atoms with Crippen LogP contribution < -0.4 is 0 Å². The molecule has 242 valence electrons. The first kappa shape index (κ1) is 28.9. The zero-order chi connectivity index (χ0) is 34.2. The van der Waals surface area contributed by atoms with Crippen LogP contribution in [0.3, 0.4) is 0 Å². The van der Waals surface area contributed by atoms with E-state index in [4.69, 9.17) is 4.42 Å². The molecule has 51 heavy (non-hydrogen) atoms. The molecule has 0 spiro atoms. The Labute approximate surface area is 297 Å². The van der Waals surface area contributed by atoms with E-state index in [1.807, 2.05) is 0 Å². The zero-order valence-corrected chi connectivity index (χ0v) is 29.3. The first-order valence-corrected chi connectivity index (χ1v) is 18.1. The van der Waals surface area contributed by atoms with Gasteiger partial charge in [-0.05, 0) is 113 Å². The molecule has 1 heterocycles. The lowest BCUT2D eigenvalue weighted by molar-refractivity contribution is 0.660. The van der Waals surface area contributed by atoms with Crippen molar-refractivity contribution in [3.05, 3.63) is 168 Å². The molecule has 8 aromatic carbocycles. The van der Waals surface area contributed by atoms with Crippen molar-refractivity contribution in [2.45, 2.75) is 38.5 Å². The van der Waals surface area contributed by atoms with Crippen molar-refractivity contribution in [3.8, 4) is 44.5 Å². The second kappa shape index (κ2) is 9.86. The molecule has 1 nitrogen and oxygen atoms in total. The highest BCUT2D eigenvalue weighted by molar-refractivity contribution is 6.26. The van der Waals surface area contributed by atoms with Crippen molar-refractivity contribution in [1.82, 2.24) is 0 Å². The van der Waals surface area contributed by atoms with Gasteiger partial charge in [0.15, 0.2) is 0 Å². The van der Waals surface area contributed by atoms with Crippen LogP contribution in [0.4, 0.5) is 0 Å². The normalized spacial score (nSPS) is 15.0. The average molecular weight is 653 g/mol. The molecule has 1 heteroatoms. The predicted molar refractivity (Wildman–Crippen MR) is 215 cm³/mol. The lowest BCUT2D eigenvalue weighted by atomic mass is 9.81. The van der Waals surface area contributed by atoms with Crippen LogP contribution in [0, 0.1) is 0 Å². The number of benzene rings is 8. The first-order valence-electron chi connectivity index (χ1n) is 18.1. The molecule has 0 amide bonds. The van der Waals surface area contributed by atoms with Crippen LogP contribution in [-0.4, -0.2) is 0 Å². The quantitative estimate of drug-likeness (QED) is 0.181. The van der Waals surface area contributed by atoms with Gasteiger partial charge in [0.1, 0.15) is 11.2 Å². The summed E-state index contributed by atoms with van der Waals surface area (Å²) in [5.74, 6) is 0. The van der Waals surface area contributed by atoms with Gasteiger partial charge >= 0.3 is 0 Å². The Morgan fingerprint density at radius 3 is 1.20 bits per heavy atom. The molecule has 2 aliphatic carbocycles. The van der Waals surface area contributed by atoms with E-state index < -0.39 is 0 Å². The third kappa shape index (κ3) is 3.76. The molecule has 1 aromatic heterocycles. The van der Waals surface area contributed by atoms with Gasteiger partial charge in [-0.1, -0.05) is 149 Å². The third-order valence-corrected chi connectivity index (χ3v) is 12.3. The molecule has 0 unspecified atom stereocenters. The minimum absolute atomic E-state index is 0.0531. The Hall–Kier alpha value is -5.92. The van der Waals surface area contributed by atoms with Gasteiger partial charge in [-0.25, -0.2) is 0 Å². The standard InChI is InChI=1S/C50H36O/c1-49(2)41-17-7-5-11-33(41)35-21-19-29(27-43(35)49)31-23-25-45-47-37(31)13-9-15-39(47)40-16-10-14-38-32(24-26-46(51-45)48(38)40)30-20-22-36-34-12-6-8-18-42(34)50(3,4)44(36)28-30/h5-28H,1-4H3. The van der Waals surface area contributed by atoms with Crippen molar-refractivity contribution in [1.29, 1.82) is 0 Å². The van der Waals surface area contributed by atoms with Crippen LogP contribution >= 0.6 is 0 Å². The smallest absolute Gasteiger partial charge is 0.135 e. The van der Waals surface area contributed by atoms with Gasteiger partial charge in [0.05, 0.1) is 0 Å². The van der Waals surface area contributed by atoms with E-state index in [2.05, 4.69) is 173 Å². The lowest BCUT2D eigenvalue weighted by Crippen LogP contribution is -2.14. The summed E-state index contributed by atoms with van der Waals surface area (Å²) < 4.78 is 6.93. The molecule has 0 atom stereocenters. The highest BCUT2D eigenvalue weighted by Gasteiger charge is 2.36. The van der Waals surface area contributed by atoms with Crippen LogP contribution in [0.5, 0.6) is 0 Å². The predicted octanol–water partition coefficient (Wildman–Crippen LogP) is 13.8. The lowest BCUT2D eigenvalue weighted by Gasteiger charge is -2.22. The van der Waals surface area contributed by atoms with Crippen molar-refractivity contribution < 1.29 is 4.42 Å². The summed E-state index contributed by atoms with van der Waals surface area (Å²) >= 11 is 0. The van der Waals surface area contributed by atoms with Crippen LogP contribution in [0.15, 0.2) is 150 Å². The zero-order valence-electron chi connectivity index (χ0n) is 29.3. The summed E-state index contributed by atoms with van der Waals surface area (Å²) in [6.45, 7) is 9.41. The molecule has 0 fully saturated rings. The SMILES string of the molecule is CC1(C)c2ccccc2-c2ccc(-c3ccc4oc5ccc(-c6ccc7c(c6)C(C)(C)c6ccccc6-7)c6cccc(c7cccc3c47)c56)cc21. The fourth-order valence-corrected chi connectivity index (χ4v) is 9.73. The van der Waals surface area contributed by atoms with Gasteiger partial charge in [0.25, 0.3) is 0 Å². The summed E-state index contributed by atoms with van der Waals surface area (Å²) in [6.07, 6.45) is 0. The van der Waals surface area contributed by atoms with Crippen molar-refractivity contribution in [2.24, 2.45) is 0 Å². The number of fused-ring (bicyclic) bond motifs is 7. The van der Waals surface area contributed by atoms with Gasteiger partial charge in [-0.3, -0.25) is 0 Å². The Morgan fingerprint density at radius 2 is 0.725 bits per heavy atom. The van der Waals surface area contributed by atoms with Gasteiger partial charge < -0.3 is 4.42 Å². The molecule has 11 rings (SSSR count). The second-order valence-electron chi connectivity index (χ2n) is 15.6. The molecular weight excluding hydrogens is 617 g/mol. The number of hydrogen-bond donors (Lipinski definition) is 0. The Morgan fingerprint density at radius 1 is 0.333 bits per heavy atom. The van der Waals surface area contributed by atoms with Crippen molar-refractivity contribution in [2.75, 3.05) is 0 Å². The van der Waals surface area contributed by atoms with E-state index in [1.54, 1.807) is 0 Å². The molecule has 0 saturated heterocycles. The molecular formula is C50H36O. The minimum atomic E-state index is -0.0531. The molecule has 0 radical (unpaired) electrons. The molecule has 2 aliphatic rings. The highest BCUT2D eigenvalue weighted by atomic mass is 16.3. The number of hydrogen-bond acceptors (Lipinski definition) is 1. The van der Waals surface area contributed by atoms with Crippen molar-refractivity contribution in [3.63, 3.8) is 0 Å². The molecule has 9 aromatic rings. The average Bonchev–Trinajstić information content (AvgIpc) is 3.46. The summed E-state index contributed by atoms with van der Waals surface area (Å²) in [7, 11) is 0. The summed E-state index contributed by atoms with van der Waals surface area (Å²) in [5.41, 5.74) is 17.6. The Balaban J connectivity index is 1.12. The third-order valence-electron chi connectivity index (χ3n) is 12.3. The van der Waals surface area contributed by atoms with Crippen LogP contribution in [0.25, 0.3) is 88.0 Å². The van der Waals surface area contributed by atoms with Crippen LogP contribution in [-0.2, 0) is 10.8 Å². The fourth-order valence-electron chi connectivity index (χ4n) is 9.73. The first-order chi connectivity index (χ1) is 24.8. The van der Waals surface area contributed by atoms with E-state index in [9.17, 15) is 0 Å². The maximum Gasteiger partial charge on any atom is 0.135 e. The maximum atomic E-state index is 6.93. The van der Waals surface area contributed by atoms with Gasteiger partial charge in [-0.2, -0.15) is 0 Å². The maximum absolute atomic E-state index is 6.93. The molecule has 0 bridgehead atoms. The van der Waals surface area contributed by atoms with E-state index in [1.165, 1.54) is 99.1 Å². The van der Waals surface area contributed by atoms with Crippen molar-refractivity contribution >= 4 is 43.5 Å². The second-order valence-corrected chi connectivity index (χ2v) is 15.6. The van der Waals surface area contributed by atoms with Crippen LogP contribution in [0.2, 0.25) is 0 Å². The topological polar surface area (TPSA) is 13.1 Å². The van der Waals surface area contributed by atoms with E-state index in [0.717, 1.165) is 11.2 Å². The van der Waals surface area contributed by atoms with Gasteiger partial charge in [0.2, 0.25) is 0 Å². The largest absolute Gasteiger partial charge is 0.456 e. The van der Waals surface area contributed by atoms with Crippen LogP contribution in [0.1, 0.15) is 49.9 Å². The summed E-state index contributed by atoms with van der Waals surface area (Å²) in [6, 6.07) is 54.2. The number of rotatable bonds is 2. The van der Waals surface area contributed by atoms with E-state index in [0.29, 0.717) is 0 Å². The minimum Gasteiger partial charge on any atom is -0.456 e. The van der Waals surface area contributed by atoms with Gasteiger partial charge in [-0.15, -0.1) is 0 Å². The monoisotopic (exact) mass is 652 g/mol. The summed E-state index contributed by atoms with van der Waals surface area (Å²) in [4.78, 5) is 0.